The molecule has 0 unspecified atom stereocenters. The van der Waals surface area contributed by atoms with Crippen molar-refractivity contribution in [3.8, 4) is 5.75 Å². The maximum atomic E-state index is 11.2. The molecule has 4 nitrogen and oxygen atoms in total. The molecule has 1 N–H and O–H groups in total. The molecule has 1 aromatic carbocycles. The topological polar surface area (TPSA) is 51.2 Å². The number of carbonyl (C=O) groups is 1. The molecule has 80 valence electrons. The van der Waals surface area contributed by atoms with E-state index in [-0.39, 0.29) is 12.5 Å². The van der Waals surface area contributed by atoms with Gasteiger partial charge in [-0.15, -0.1) is 0 Å². The van der Waals surface area contributed by atoms with Gasteiger partial charge in [0.1, 0.15) is 0 Å². The van der Waals surface area contributed by atoms with Gasteiger partial charge >= 0.3 is 0 Å². The van der Waals surface area contributed by atoms with Crippen LogP contribution in [0.5, 0.6) is 5.75 Å². The molecule has 2 heterocycles. The van der Waals surface area contributed by atoms with Crippen molar-refractivity contribution in [1.82, 2.24) is 4.98 Å². The van der Waals surface area contributed by atoms with E-state index in [4.69, 9.17) is 4.74 Å². The first-order valence-corrected chi connectivity index (χ1v) is 5.06. The lowest BCUT2D eigenvalue weighted by atomic mass is 10.1. The van der Waals surface area contributed by atoms with E-state index in [1.54, 1.807) is 0 Å². The molecule has 0 saturated carbocycles. The average molecular weight is 214 g/mol. The van der Waals surface area contributed by atoms with Crippen molar-refractivity contribution >= 4 is 22.6 Å². The van der Waals surface area contributed by atoms with E-state index < -0.39 is 0 Å². The first-order chi connectivity index (χ1) is 7.72. The number of rotatable bonds is 0. The number of aryl methyl sites for hydroxylation is 1. The van der Waals surface area contributed by atoms with Crippen molar-refractivity contribution in [3.63, 3.8) is 0 Å². The van der Waals surface area contributed by atoms with Gasteiger partial charge in [0.15, 0.2) is 18.2 Å². The molecule has 0 atom stereocenters. The van der Waals surface area contributed by atoms with Crippen molar-refractivity contribution < 1.29 is 9.53 Å². The van der Waals surface area contributed by atoms with Crippen molar-refractivity contribution in [2.24, 2.45) is 0 Å². The fraction of sp³-hybridized carbons (Fsp3) is 0.167. The van der Waals surface area contributed by atoms with Crippen molar-refractivity contribution in [3.05, 3.63) is 29.8 Å². The van der Waals surface area contributed by atoms with Crippen molar-refractivity contribution in [1.29, 1.82) is 0 Å². The molecule has 0 bridgehead atoms. The van der Waals surface area contributed by atoms with Crippen LogP contribution in [-0.4, -0.2) is 17.5 Å². The molecule has 0 fully saturated rings. The quantitative estimate of drug-likeness (QED) is 0.728. The zero-order valence-corrected chi connectivity index (χ0v) is 8.78. The minimum Gasteiger partial charge on any atom is -0.480 e. The first-order valence-electron chi connectivity index (χ1n) is 5.06. The molecule has 1 aliphatic rings. The molecule has 3 rings (SSSR count). The third-order valence-electron chi connectivity index (χ3n) is 2.55. The molecule has 1 aliphatic heterocycles. The SMILES string of the molecule is Cc1ccc2cc3c(nc2c1)NC(=O)CO3. The summed E-state index contributed by atoms with van der Waals surface area (Å²) in [5.74, 6) is 0.984. The lowest BCUT2D eigenvalue weighted by molar-refractivity contribution is -0.118. The monoisotopic (exact) mass is 214 g/mol. The zero-order valence-electron chi connectivity index (χ0n) is 8.78. The Kier molecular flexibility index (Phi) is 1.83. The molecule has 0 saturated heterocycles. The summed E-state index contributed by atoms with van der Waals surface area (Å²) < 4.78 is 5.30. The maximum Gasteiger partial charge on any atom is 0.263 e. The van der Waals surface area contributed by atoms with Gasteiger partial charge in [0.05, 0.1) is 5.52 Å². The highest BCUT2D eigenvalue weighted by Gasteiger charge is 2.17. The van der Waals surface area contributed by atoms with Gasteiger partial charge in [-0.3, -0.25) is 4.79 Å². The third-order valence-corrected chi connectivity index (χ3v) is 2.55. The van der Waals surface area contributed by atoms with E-state index in [1.807, 2.05) is 31.2 Å². The van der Waals surface area contributed by atoms with Gasteiger partial charge < -0.3 is 10.1 Å². The lowest BCUT2D eigenvalue weighted by Gasteiger charge is -2.17. The van der Waals surface area contributed by atoms with Crippen LogP contribution in [0.15, 0.2) is 24.3 Å². The minimum atomic E-state index is -0.160. The zero-order chi connectivity index (χ0) is 11.1. The maximum absolute atomic E-state index is 11.2. The molecular formula is C12H10N2O2. The molecule has 0 aliphatic carbocycles. The molecule has 16 heavy (non-hydrogen) atoms. The summed E-state index contributed by atoms with van der Waals surface area (Å²) >= 11 is 0. The summed E-state index contributed by atoms with van der Waals surface area (Å²) in [6.45, 7) is 2.07. The first kappa shape index (κ1) is 9.15. The van der Waals surface area contributed by atoms with Crippen LogP contribution in [0.4, 0.5) is 5.82 Å². The summed E-state index contributed by atoms with van der Waals surface area (Å²) in [4.78, 5) is 15.5. The number of hydrogen-bond acceptors (Lipinski definition) is 3. The standard InChI is InChI=1S/C12H10N2O2/c1-7-2-3-8-5-10-12(13-9(8)4-7)14-11(15)6-16-10/h2-5H,6H2,1H3,(H,13,14,15). The summed E-state index contributed by atoms with van der Waals surface area (Å²) in [6.07, 6.45) is 0. The molecular weight excluding hydrogens is 204 g/mol. The van der Waals surface area contributed by atoms with E-state index in [0.29, 0.717) is 11.6 Å². The largest absolute Gasteiger partial charge is 0.480 e. The second-order valence-electron chi connectivity index (χ2n) is 3.87. The fourth-order valence-electron chi connectivity index (χ4n) is 1.77. The number of carbonyl (C=O) groups excluding carboxylic acids is 1. The molecule has 2 aromatic rings. The van der Waals surface area contributed by atoms with Gasteiger partial charge in [-0.2, -0.15) is 0 Å². The number of amides is 1. The van der Waals surface area contributed by atoms with Crippen LogP contribution < -0.4 is 10.1 Å². The van der Waals surface area contributed by atoms with Crippen LogP contribution in [0, 0.1) is 6.92 Å². The lowest BCUT2D eigenvalue weighted by Crippen LogP contribution is -2.26. The number of benzene rings is 1. The molecule has 1 aromatic heterocycles. The van der Waals surface area contributed by atoms with Crippen LogP contribution in [0.3, 0.4) is 0 Å². The van der Waals surface area contributed by atoms with E-state index in [2.05, 4.69) is 10.3 Å². The Bertz CT molecular complexity index is 593. The van der Waals surface area contributed by atoms with Crippen molar-refractivity contribution in [2.75, 3.05) is 11.9 Å². The van der Waals surface area contributed by atoms with Crippen LogP contribution >= 0.6 is 0 Å². The molecule has 4 heteroatoms. The molecule has 1 amide bonds. The van der Waals surface area contributed by atoms with E-state index in [9.17, 15) is 4.79 Å². The van der Waals surface area contributed by atoms with Gasteiger partial charge in [0.25, 0.3) is 5.91 Å². The summed E-state index contributed by atoms with van der Waals surface area (Å²) in [7, 11) is 0. The number of anilines is 1. The normalized spacial score (nSPS) is 14.2. The number of nitrogens with one attached hydrogen (secondary N) is 1. The van der Waals surface area contributed by atoms with Crippen LogP contribution in [-0.2, 0) is 4.79 Å². The third kappa shape index (κ3) is 1.39. The summed E-state index contributed by atoms with van der Waals surface area (Å²) in [5.41, 5.74) is 2.01. The highest BCUT2D eigenvalue weighted by atomic mass is 16.5. The highest BCUT2D eigenvalue weighted by molar-refractivity contribution is 5.96. The van der Waals surface area contributed by atoms with E-state index >= 15 is 0 Å². The number of pyridine rings is 1. The predicted molar refractivity (Wildman–Crippen MR) is 60.6 cm³/mol. The van der Waals surface area contributed by atoms with Crippen LogP contribution in [0.2, 0.25) is 0 Å². The Labute approximate surface area is 92.2 Å². The number of hydrogen-bond donors (Lipinski definition) is 1. The van der Waals surface area contributed by atoms with Gasteiger partial charge in [0.2, 0.25) is 0 Å². The Balaban J connectivity index is 2.23. The Hall–Kier alpha value is -2.10. The molecule has 0 radical (unpaired) electrons. The van der Waals surface area contributed by atoms with Gasteiger partial charge in [-0.05, 0) is 24.6 Å². The second kappa shape index (κ2) is 3.20. The van der Waals surface area contributed by atoms with Crippen molar-refractivity contribution in [2.45, 2.75) is 6.92 Å². The van der Waals surface area contributed by atoms with E-state index in [1.165, 1.54) is 0 Å². The minimum absolute atomic E-state index is 0.0616. The number of fused-ring (bicyclic) bond motifs is 2. The number of nitrogens with zero attached hydrogens (tertiary/aromatic N) is 1. The summed E-state index contributed by atoms with van der Waals surface area (Å²) in [5, 5.41) is 3.71. The van der Waals surface area contributed by atoms with Gasteiger partial charge in [-0.1, -0.05) is 12.1 Å². The second-order valence-corrected chi connectivity index (χ2v) is 3.87. The Morgan fingerprint density at radius 2 is 2.25 bits per heavy atom. The van der Waals surface area contributed by atoms with E-state index in [0.717, 1.165) is 16.5 Å². The number of aromatic nitrogens is 1. The predicted octanol–water partition coefficient (Wildman–Crippen LogP) is 1.87. The van der Waals surface area contributed by atoms with Gasteiger partial charge in [0, 0.05) is 5.39 Å². The van der Waals surface area contributed by atoms with Gasteiger partial charge in [-0.25, -0.2) is 4.98 Å². The summed E-state index contributed by atoms with van der Waals surface area (Å²) in [6, 6.07) is 7.91. The molecule has 0 spiro atoms. The van der Waals surface area contributed by atoms with Crippen LogP contribution in [0.1, 0.15) is 5.56 Å². The highest BCUT2D eigenvalue weighted by Crippen LogP contribution is 2.29. The van der Waals surface area contributed by atoms with Crippen LogP contribution in [0.25, 0.3) is 10.9 Å². The average Bonchev–Trinajstić information content (AvgIpc) is 2.26. The Morgan fingerprint density at radius 1 is 1.38 bits per heavy atom. The number of ether oxygens (including phenoxy) is 1. The Morgan fingerprint density at radius 3 is 3.12 bits per heavy atom. The smallest absolute Gasteiger partial charge is 0.263 e. The fourth-order valence-corrected chi connectivity index (χ4v) is 1.77.